The van der Waals surface area contributed by atoms with Gasteiger partial charge >= 0.3 is 0 Å². The third-order valence-electron chi connectivity index (χ3n) is 5.25. The van der Waals surface area contributed by atoms with Crippen LogP contribution in [0.15, 0.2) is 0 Å². The molecule has 0 amide bonds. The maximum absolute atomic E-state index is 2.72. The molecule has 130 valence electrons. The largest absolute Gasteiger partial charge is 0.301 e. The van der Waals surface area contributed by atoms with Crippen molar-refractivity contribution in [1.82, 2.24) is 9.80 Å². The monoisotopic (exact) mass is 308 g/mol. The van der Waals surface area contributed by atoms with Crippen molar-refractivity contribution >= 4 is 0 Å². The second kappa shape index (κ2) is 5.77. The summed E-state index contributed by atoms with van der Waals surface area (Å²) in [6.45, 7) is 27.0. The molecule has 0 atom stereocenters. The summed E-state index contributed by atoms with van der Waals surface area (Å²) in [7, 11) is 0. The van der Waals surface area contributed by atoms with Gasteiger partial charge in [-0.1, -0.05) is 55.4 Å². The first kappa shape index (κ1) is 18.3. The Morgan fingerprint density at radius 2 is 0.727 bits per heavy atom. The molecule has 0 bridgehead atoms. The molecule has 0 aromatic rings. The highest BCUT2D eigenvalue weighted by atomic mass is 15.2. The summed E-state index contributed by atoms with van der Waals surface area (Å²) in [6.07, 6.45) is 2.69. The molecule has 0 saturated carbocycles. The van der Waals surface area contributed by atoms with Gasteiger partial charge in [-0.2, -0.15) is 0 Å². The van der Waals surface area contributed by atoms with E-state index in [4.69, 9.17) is 0 Å². The first-order valence-corrected chi connectivity index (χ1v) is 9.23. The predicted octanol–water partition coefficient (Wildman–Crippen LogP) is 4.50. The fraction of sp³-hybridized carbons (Fsp3) is 1.00. The average molecular weight is 309 g/mol. The lowest BCUT2D eigenvalue weighted by molar-refractivity contribution is -0.00290. The van der Waals surface area contributed by atoms with E-state index in [-0.39, 0.29) is 0 Å². The molecule has 2 aliphatic heterocycles. The molecule has 2 fully saturated rings. The van der Waals surface area contributed by atoms with Crippen LogP contribution < -0.4 is 0 Å². The van der Waals surface area contributed by atoms with Gasteiger partial charge in [-0.3, -0.25) is 0 Å². The Hall–Kier alpha value is -0.0800. The van der Waals surface area contributed by atoms with E-state index in [1.165, 1.54) is 52.1 Å². The van der Waals surface area contributed by atoms with Gasteiger partial charge in [0.15, 0.2) is 0 Å². The maximum atomic E-state index is 2.72. The molecule has 2 aliphatic rings. The minimum atomic E-state index is 0.461. The molecular formula is C20H40N2. The normalized spacial score (nSPS) is 31.1. The van der Waals surface area contributed by atoms with Gasteiger partial charge in [0, 0.05) is 39.3 Å². The molecule has 0 aromatic heterocycles. The van der Waals surface area contributed by atoms with Crippen LogP contribution in [0, 0.1) is 21.7 Å². The molecule has 0 N–H and O–H groups in total. The van der Waals surface area contributed by atoms with E-state index >= 15 is 0 Å². The lowest BCUT2D eigenvalue weighted by Crippen LogP contribution is -2.53. The zero-order valence-electron chi connectivity index (χ0n) is 16.6. The molecule has 2 nitrogen and oxygen atoms in total. The topological polar surface area (TPSA) is 6.48 Å². The molecule has 2 heteroatoms. The van der Waals surface area contributed by atoms with Gasteiger partial charge in [0.2, 0.25) is 0 Å². The van der Waals surface area contributed by atoms with Crippen molar-refractivity contribution in [3.05, 3.63) is 0 Å². The molecule has 2 heterocycles. The van der Waals surface area contributed by atoms with Crippen LogP contribution in [-0.2, 0) is 0 Å². The van der Waals surface area contributed by atoms with Crippen LogP contribution in [0.25, 0.3) is 0 Å². The molecule has 22 heavy (non-hydrogen) atoms. The minimum absolute atomic E-state index is 0.461. The third-order valence-corrected chi connectivity index (χ3v) is 5.25. The highest BCUT2D eigenvalue weighted by Gasteiger charge is 2.39. The molecule has 0 unspecified atom stereocenters. The summed E-state index contributed by atoms with van der Waals surface area (Å²) < 4.78 is 0. The summed E-state index contributed by atoms with van der Waals surface area (Å²) in [5, 5.41) is 0. The van der Waals surface area contributed by atoms with Crippen LogP contribution in [0.3, 0.4) is 0 Å². The van der Waals surface area contributed by atoms with Crippen molar-refractivity contribution in [2.45, 2.75) is 68.2 Å². The second-order valence-corrected chi connectivity index (χ2v) is 11.4. The fourth-order valence-electron chi connectivity index (χ4n) is 5.95. The summed E-state index contributed by atoms with van der Waals surface area (Å²) in [4.78, 5) is 5.44. The van der Waals surface area contributed by atoms with Gasteiger partial charge in [-0.05, 0) is 34.5 Å². The van der Waals surface area contributed by atoms with Gasteiger partial charge in [0.25, 0.3) is 0 Å². The van der Waals surface area contributed by atoms with E-state index in [2.05, 4.69) is 65.2 Å². The first-order chi connectivity index (χ1) is 9.78. The van der Waals surface area contributed by atoms with Gasteiger partial charge in [-0.25, -0.2) is 0 Å². The summed E-state index contributed by atoms with van der Waals surface area (Å²) in [5.41, 5.74) is 1.84. The van der Waals surface area contributed by atoms with E-state index in [1.807, 2.05) is 0 Å². The van der Waals surface area contributed by atoms with Crippen molar-refractivity contribution in [2.24, 2.45) is 21.7 Å². The summed E-state index contributed by atoms with van der Waals surface area (Å²) in [6, 6.07) is 0. The molecule has 2 saturated heterocycles. The highest BCUT2D eigenvalue weighted by Crippen LogP contribution is 2.41. The third kappa shape index (κ3) is 5.23. The lowest BCUT2D eigenvalue weighted by Gasteiger charge is -2.49. The van der Waals surface area contributed by atoms with Crippen LogP contribution >= 0.6 is 0 Å². The number of piperidine rings is 2. The number of rotatable bonds is 3. The van der Waals surface area contributed by atoms with Gasteiger partial charge in [0.05, 0.1) is 0 Å². The van der Waals surface area contributed by atoms with E-state index in [0.717, 1.165) is 0 Å². The van der Waals surface area contributed by atoms with E-state index in [0.29, 0.717) is 21.7 Å². The zero-order valence-corrected chi connectivity index (χ0v) is 16.6. The fourth-order valence-corrected chi connectivity index (χ4v) is 5.95. The van der Waals surface area contributed by atoms with E-state index < -0.39 is 0 Å². The van der Waals surface area contributed by atoms with Gasteiger partial charge in [-0.15, -0.1) is 0 Å². The quantitative estimate of drug-likeness (QED) is 0.757. The molecule has 0 radical (unpaired) electrons. The van der Waals surface area contributed by atoms with Crippen LogP contribution in [0.2, 0.25) is 0 Å². The maximum Gasteiger partial charge on any atom is 0.0110 e. The standard InChI is InChI=1S/C20H40N2/c1-17(2)11-18(3,4)14-21(13-17)9-10-22-15-19(5,6)12-20(7,8)16-22/h9-16H2,1-8H3. The SMILES string of the molecule is CC1(C)CN(CCN2CC(C)(C)CC(C)(C)C2)CC(C)(C)C1. The highest BCUT2D eigenvalue weighted by molar-refractivity contribution is 4.92. The first-order valence-electron chi connectivity index (χ1n) is 9.23. The van der Waals surface area contributed by atoms with E-state index in [9.17, 15) is 0 Å². The Labute approximate surface area is 139 Å². The van der Waals surface area contributed by atoms with Crippen molar-refractivity contribution in [3.63, 3.8) is 0 Å². The average Bonchev–Trinajstić information content (AvgIpc) is 2.17. The molecule has 0 aromatic carbocycles. The Morgan fingerprint density at radius 3 is 0.955 bits per heavy atom. The molecular weight excluding hydrogens is 268 g/mol. The zero-order chi connectivity index (χ0) is 16.8. The smallest absolute Gasteiger partial charge is 0.0110 e. The van der Waals surface area contributed by atoms with Gasteiger partial charge in [0.1, 0.15) is 0 Å². The van der Waals surface area contributed by atoms with Crippen molar-refractivity contribution in [1.29, 1.82) is 0 Å². The molecule has 0 spiro atoms. The minimum Gasteiger partial charge on any atom is -0.301 e. The predicted molar refractivity (Wildman–Crippen MR) is 97.2 cm³/mol. The van der Waals surface area contributed by atoms with Crippen molar-refractivity contribution in [3.8, 4) is 0 Å². The second-order valence-electron chi connectivity index (χ2n) is 11.4. The Balaban J connectivity index is 1.92. The number of hydrogen-bond acceptors (Lipinski definition) is 2. The number of hydrogen-bond donors (Lipinski definition) is 0. The summed E-state index contributed by atoms with van der Waals surface area (Å²) in [5.74, 6) is 0. The summed E-state index contributed by atoms with van der Waals surface area (Å²) >= 11 is 0. The number of likely N-dealkylation sites (tertiary alicyclic amines) is 2. The Morgan fingerprint density at radius 1 is 0.500 bits per heavy atom. The number of nitrogens with zero attached hydrogens (tertiary/aromatic N) is 2. The van der Waals surface area contributed by atoms with Crippen molar-refractivity contribution < 1.29 is 0 Å². The van der Waals surface area contributed by atoms with Crippen LogP contribution in [-0.4, -0.2) is 49.1 Å². The van der Waals surface area contributed by atoms with Crippen LogP contribution in [0.5, 0.6) is 0 Å². The van der Waals surface area contributed by atoms with Crippen LogP contribution in [0.1, 0.15) is 68.2 Å². The molecule has 0 aliphatic carbocycles. The Kier molecular flexibility index (Phi) is 4.79. The Bertz CT molecular complexity index is 323. The lowest BCUT2D eigenvalue weighted by atomic mass is 9.70. The van der Waals surface area contributed by atoms with Crippen LogP contribution in [0.4, 0.5) is 0 Å². The molecule has 2 rings (SSSR count). The van der Waals surface area contributed by atoms with Gasteiger partial charge < -0.3 is 9.80 Å². The van der Waals surface area contributed by atoms with E-state index in [1.54, 1.807) is 0 Å². The van der Waals surface area contributed by atoms with Crippen molar-refractivity contribution in [2.75, 3.05) is 39.3 Å².